The minimum absolute atomic E-state index is 0.0569. The highest BCUT2D eigenvalue weighted by atomic mass is 79.9. The molecule has 5 nitrogen and oxygen atoms in total. The number of nitrogens with zero attached hydrogens (tertiary/aromatic N) is 1. The second kappa shape index (κ2) is 5.99. The summed E-state index contributed by atoms with van der Waals surface area (Å²) >= 11 is 9.27. The molecule has 2 N–H and O–H groups in total. The largest absolute Gasteiger partial charge is 0.372 e. The maximum absolute atomic E-state index is 12.4. The first-order valence-corrected chi connectivity index (χ1v) is 8.20. The number of anilines is 2. The van der Waals surface area contributed by atoms with E-state index in [4.69, 9.17) is 11.6 Å². The molecular weight excluding hydrogens is 366 g/mol. The normalized spacial score (nSPS) is 11.2. The molecule has 0 spiro atoms. The molecule has 0 aliphatic carbocycles. The molecule has 8 heteroatoms. The summed E-state index contributed by atoms with van der Waals surface area (Å²) in [5, 5.41) is 3.04. The first-order valence-electron chi connectivity index (χ1n) is 5.54. The van der Waals surface area contributed by atoms with Gasteiger partial charge < -0.3 is 5.32 Å². The first-order chi connectivity index (χ1) is 9.44. The molecule has 0 atom stereocenters. The van der Waals surface area contributed by atoms with Crippen LogP contribution < -0.4 is 10.0 Å². The molecular formula is C12H11BrClN3O2S. The van der Waals surface area contributed by atoms with Crippen molar-refractivity contribution in [3.63, 3.8) is 0 Å². The van der Waals surface area contributed by atoms with Crippen LogP contribution in [0, 0.1) is 0 Å². The summed E-state index contributed by atoms with van der Waals surface area (Å²) in [5.41, 5.74) is 0.306. The maximum atomic E-state index is 12.4. The van der Waals surface area contributed by atoms with Crippen molar-refractivity contribution in [2.45, 2.75) is 4.90 Å². The quantitative estimate of drug-likeness (QED) is 0.858. The van der Waals surface area contributed by atoms with Crippen molar-refractivity contribution in [3.8, 4) is 0 Å². The van der Waals surface area contributed by atoms with Crippen LogP contribution in [0.4, 0.5) is 11.5 Å². The van der Waals surface area contributed by atoms with E-state index in [1.54, 1.807) is 31.3 Å². The van der Waals surface area contributed by atoms with E-state index < -0.39 is 10.0 Å². The summed E-state index contributed by atoms with van der Waals surface area (Å²) in [7, 11) is -2.16. The Kier molecular flexibility index (Phi) is 4.52. The van der Waals surface area contributed by atoms with E-state index in [1.807, 2.05) is 0 Å². The minimum Gasteiger partial charge on any atom is -0.372 e. The zero-order valence-corrected chi connectivity index (χ0v) is 13.6. The predicted molar refractivity (Wildman–Crippen MR) is 83.7 cm³/mol. The fraction of sp³-hybridized carbons (Fsp3) is 0.0833. The van der Waals surface area contributed by atoms with E-state index >= 15 is 0 Å². The summed E-state index contributed by atoms with van der Waals surface area (Å²) in [6, 6.07) is 7.92. The van der Waals surface area contributed by atoms with Crippen molar-refractivity contribution in [3.05, 3.63) is 46.0 Å². The highest BCUT2D eigenvalue weighted by Crippen LogP contribution is 2.28. The summed E-state index contributed by atoms with van der Waals surface area (Å²) in [4.78, 5) is 4.03. The standard InChI is InChI=1S/C12H11BrClN3O2S/c1-15-12-11(3-2-6-16-12)20(18,19)17-10-5-4-8(13)7-9(10)14/h2-7,17H,1H3,(H,15,16). The first kappa shape index (κ1) is 15.1. The Bertz CT molecular complexity index is 737. The Morgan fingerprint density at radius 2 is 2.05 bits per heavy atom. The average Bonchev–Trinajstić information content (AvgIpc) is 2.42. The number of hydrogen-bond donors (Lipinski definition) is 2. The van der Waals surface area contributed by atoms with Crippen LogP contribution in [-0.2, 0) is 10.0 Å². The predicted octanol–water partition coefficient (Wildman–Crippen LogP) is 3.34. The Morgan fingerprint density at radius 3 is 2.70 bits per heavy atom. The minimum atomic E-state index is -3.77. The van der Waals surface area contributed by atoms with Crippen molar-refractivity contribution in [2.75, 3.05) is 17.1 Å². The van der Waals surface area contributed by atoms with E-state index in [1.165, 1.54) is 12.3 Å². The lowest BCUT2D eigenvalue weighted by Gasteiger charge is -2.12. The topological polar surface area (TPSA) is 71.1 Å². The van der Waals surface area contributed by atoms with E-state index in [0.29, 0.717) is 10.7 Å². The molecule has 0 fully saturated rings. The molecule has 0 radical (unpaired) electrons. The van der Waals surface area contributed by atoms with Crippen LogP contribution in [0.1, 0.15) is 0 Å². The lowest BCUT2D eigenvalue weighted by atomic mass is 10.3. The summed E-state index contributed by atoms with van der Waals surface area (Å²) in [6.07, 6.45) is 1.51. The number of hydrogen-bond acceptors (Lipinski definition) is 4. The molecule has 0 amide bonds. The van der Waals surface area contributed by atoms with Gasteiger partial charge in [0.2, 0.25) is 0 Å². The molecule has 2 aromatic rings. The third-order valence-electron chi connectivity index (χ3n) is 2.47. The van der Waals surface area contributed by atoms with Crippen LogP contribution in [0.2, 0.25) is 5.02 Å². The fourth-order valence-corrected chi connectivity index (χ4v) is 3.59. The molecule has 0 saturated carbocycles. The second-order valence-corrected chi connectivity index (χ2v) is 6.80. The van der Waals surface area contributed by atoms with Crippen molar-refractivity contribution < 1.29 is 8.42 Å². The van der Waals surface area contributed by atoms with Gasteiger partial charge in [-0.2, -0.15) is 0 Å². The van der Waals surface area contributed by atoms with Crippen LogP contribution in [0.25, 0.3) is 0 Å². The summed E-state index contributed by atoms with van der Waals surface area (Å²) < 4.78 is 27.9. The molecule has 0 aliphatic rings. The van der Waals surface area contributed by atoms with Gasteiger partial charge >= 0.3 is 0 Å². The molecule has 0 bridgehead atoms. The lowest BCUT2D eigenvalue weighted by molar-refractivity contribution is 0.601. The number of aromatic nitrogens is 1. The zero-order valence-electron chi connectivity index (χ0n) is 10.4. The molecule has 1 aromatic heterocycles. The highest BCUT2D eigenvalue weighted by molar-refractivity contribution is 9.10. The molecule has 1 heterocycles. The van der Waals surface area contributed by atoms with Gasteiger partial charge in [0.05, 0.1) is 10.7 Å². The summed E-state index contributed by atoms with van der Waals surface area (Å²) in [6.45, 7) is 0. The Morgan fingerprint density at radius 1 is 1.30 bits per heavy atom. The van der Waals surface area contributed by atoms with Crippen molar-refractivity contribution in [2.24, 2.45) is 0 Å². The monoisotopic (exact) mass is 375 g/mol. The molecule has 1 aromatic carbocycles. The molecule has 2 rings (SSSR count). The van der Waals surface area contributed by atoms with Crippen LogP contribution >= 0.6 is 27.5 Å². The molecule has 0 aliphatic heterocycles. The maximum Gasteiger partial charge on any atom is 0.265 e. The number of rotatable bonds is 4. The molecule has 0 unspecified atom stereocenters. The van der Waals surface area contributed by atoms with Crippen LogP contribution in [0.5, 0.6) is 0 Å². The SMILES string of the molecule is CNc1ncccc1S(=O)(=O)Nc1ccc(Br)cc1Cl. The highest BCUT2D eigenvalue weighted by Gasteiger charge is 2.20. The second-order valence-electron chi connectivity index (χ2n) is 3.83. The van der Waals surface area contributed by atoms with Crippen molar-refractivity contribution in [1.29, 1.82) is 0 Å². The van der Waals surface area contributed by atoms with Gasteiger partial charge in [-0.25, -0.2) is 13.4 Å². The number of pyridine rings is 1. The van der Waals surface area contributed by atoms with Crippen molar-refractivity contribution in [1.82, 2.24) is 4.98 Å². The van der Waals surface area contributed by atoms with Crippen LogP contribution in [-0.4, -0.2) is 20.4 Å². The Balaban J connectivity index is 2.41. The molecule has 0 saturated heterocycles. The Labute approximate surface area is 130 Å². The van der Waals surface area contributed by atoms with Gasteiger partial charge in [0.1, 0.15) is 10.7 Å². The van der Waals surface area contributed by atoms with Gasteiger partial charge in [-0.1, -0.05) is 27.5 Å². The number of benzene rings is 1. The van der Waals surface area contributed by atoms with Gasteiger partial charge in [0.15, 0.2) is 0 Å². The van der Waals surface area contributed by atoms with Gasteiger partial charge in [-0.05, 0) is 30.3 Å². The van der Waals surface area contributed by atoms with Gasteiger partial charge in [0, 0.05) is 17.7 Å². The Hall–Kier alpha value is -1.31. The number of halogens is 2. The summed E-state index contributed by atoms with van der Waals surface area (Å²) in [5.74, 6) is 0.272. The van der Waals surface area contributed by atoms with E-state index in [9.17, 15) is 8.42 Å². The van der Waals surface area contributed by atoms with Gasteiger partial charge in [-0.3, -0.25) is 4.72 Å². The van der Waals surface area contributed by atoms with E-state index in [0.717, 1.165) is 4.47 Å². The fourth-order valence-electron chi connectivity index (χ4n) is 1.57. The van der Waals surface area contributed by atoms with Crippen LogP contribution in [0.3, 0.4) is 0 Å². The van der Waals surface area contributed by atoms with E-state index in [-0.39, 0.29) is 10.7 Å². The van der Waals surface area contributed by atoms with Gasteiger partial charge in [0.25, 0.3) is 10.0 Å². The van der Waals surface area contributed by atoms with Crippen molar-refractivity contribution >= 4 is 49.1 Å². The van der Waals surface area contributed by atoms with Crippen LogP contribution in [0.15, 0.2) is 45.9 Å². The third-order valence-corrected chi connectivity index (χ3v) is 4.68. The smallest absolute Gasteiger partial charge is 0.265 e. The van der Waals surface area contributed by atoms with E-state index in [2.05, 4.69) is 31.0 Å². The third kappa shape index (κ3) is 3.23. The van der Waals surface area contributed by atoms with Gasteiger partial charge in [-0.15, -0.1) is 0 Å². The number of sulfonamides is 1. The lowest BCUT2D eigenvalue weighted by Crippen LogP contribution is -2.15. The molecule has 106 valence electrons. The zero-order chi connectivity index (χ0) is 14.8. The average molecular weight is 377 g/mol. The molecule has 20 heavy (non-hydrogen) atoms. The number of nitrogens with one attached hydrogen (secondary N) is 2.